The van der Waals surface area contributed by atoms with Crippen molar-refractivity contribution in [2.24, 2.45) is 0 Å². The van der Waals surface area contributed by atoms with E-state index in [0.29, 0.717) is 5.69 Å². The molecule has 108 valence electrons. The van der Waals surface area contributed by atoms with Crippen molar-refractivity contribution >= 4 is 17.3 Å². The number of amides is 1. The van der Waals surface area contributed by atoms with E-state index in [-0.39, 0.29) is 5.91 Å². The Bertz CT molecular complexity index is 684. The molecule has 1 amide bonds. The van der Waals surface area contributed by atoms with Crippen LogP contribution in [0.15, 0.2) is 36.5 Å². The van der Waals surface area contributed by atoms with E-state index < -0.39 is 0 Å². The molecule has 1 aliphatic heterocycles. The lowest BCUT2D eigenvalue weighted by molar-refractivity contribution is 0.0958. The zero-order valence-electron chi connectivity index (χ0n) is 12.0. The van der Waals surface area contributed by atoms with Crippen LogP contribution >= 0.6 is 0 Å². The largest absolute Gasteiger partial charge is 0.398 e. The fourth-order valence-electron chi connectivity index (χ4n) is 2.73. The van der Waals surface area contributed by atoms with Gasteiger partial charge in [0.25, 0.3) is 5.91 Å². The van der Waals surface area contributed by atoms with Crippen molar-refractivity contribution in [3.8, 4) is 0 Å². The minimum atomic E-state index is -0.168. The number of nitrogens with two attached hydrogens (primary N) is 1. The van der Waals surface area contributed by atoms with Gasteiger partial charge in [0.05, 0.1) is 0 Å². The van der Waals surface area contributed by atoms with Gasteiger partial charge in [-0.3, -0.25) is 9.78 Å². The summed E-state index contributed by atoms with van der Waals surface area (Å²) in [6.07, 6.45) is 2.59. The van der Waals surface area contributed by atoms with Crippen LogP contribution < -0.4 is 16.0 Å². The lowest BCUT2D eigenvalue weighted by Crippen LogP contribution is -2.31. The molecule has 1 aromatic carbocycles. The van der Waals surface area contributed by atoms with Crippen molar-refractivity contribution in [1.29, 1.82) is 0 Å². The summed E-state index contributed by atoms with van der Waals surface area (Å²) < 4.78 is 0. The molecular formula is C16H18N4O. The predicted molar refractivity (Wildman–Crippen MR) is 83.2 cm³/mol. The Balaban J connectivity index is 1.88. The van der Waals surface area contributed by atoms with E-state index >= 15 is 0 Å². The number of fused-ring (bicyclic) bond motifs is 1. The molecular weight excluding hydrogens is 264 g/mol. The van der Waals surface area contributed by atoms with E-state index in [4.69, 9.17) is 5.73 Å². The lowest BCUT2D eigenvalue weighted by Gasteiger charge is -2.31. The summed E-state index contributed by atoms with van der Waals surface area (Å²) in [5.41, 5.74) is 10.8. The average Bonchev–Trinajstić information content (AvgIpc) is 2.54. The van der Waals surface area contributed by atoms with Gasteiger partial charge in [0.2, 0.25) is 0 Å². The standard InChI is InChI=1S/C16H18N4O/c1-18-16(21)15-9-12(5-7-19-15)20-8-6-13-11(10-20)3-2-4-14(13)17/h2-5,7,9H,6,8,10,17H2,1H3,(H,18,21). The van der Waals surface area contributed by atoms with Gasteiger partial charge >= 0.3 is 0 Å². The Morgan fingerprint density at radius 1 is 1.38 bits per heavy atom. The number of carbonyl (C=O) groups excluding carboxylic acids is 1. The third-order valence-corrected chi connectivity index (χ3v) is 3.87. The second-order valence-corrected chi connectivity index (χ2v) is 5.13. The maximum Gasteiger partial charge on any atom is 0.269 e. The van der Waals surface area contributed by atoms with Crippen molar-refractivity contribution in [2.75, 3.05) is 24.2 Å². The van der Waals surface area contributed by atoms with Gasteiger partial charge in [-0.25, -0.2) is 0 Å². The fourth-order valence-corrected chi connectivity index (χ4v) is 2.73. The van der Waals surface area contributed by atoms with E-state index in [1.807, 2.05) is 24.3 Å². The maximum absolute atomic E-state index is 11.7. The number of nitrogens with one attached hydrogen (secondary N) is 1. The number of nitrogens with zero attached hydrogens (tertiary/aromatic N) is 2. The Morgan fingerprint density at radius 2 is 2.24 bits per heavy atom. The number of anilines is 2. The Kier molecular flexibility index (Phi) is 3.48. The molecule has 1 aliphatic rings. The Labute approximate surface area is 123 Å². The predicted octanol–water partition coefficient (Wildman–Crippen LogP) is 1.59. The number of carbonyl (C=O) groups is 1. The van der Waals surface area contributed by atoms with Gasteiger partial charge in [-0.15, -0.1) is 0 Å². The van der Waals surface area contributed by atoms with Crippen LogP contribution in [0.1, 0.15) is 21.6 Å². The summed E-state index contributed by atoms with van der Waals surface area (Å²) in [5.74, 6) is -0.168. The zero-order valence-corrected chi connectivity index (χ0v) is 12.0. The minimum absolute atomic E-state index is 0.168. The van der Waals surface area contributed by atoms with Crippen LogP contribution in [0.3, 0.4) is 0 Å². The molecule has 5 heteroatoms. The van der Waals surface area contributed by atoms with Crippen molar-refractivity contribution in [3.05, 3.63) is 53.3 Å². The molecule has 0 fully saturated rings. The summed E-state index contributed by atoms with van der Waals surface area (Å²) in [7, 11) is 1.61. The minimum Gasteiger partial charge on any atom is -0.398 e. The second-order valence-electron chi connectivity index (χ2n) is 5.13. The molecule has 0 radical (unpaired) electrons. The molecule has 0 spiro atoms. The van der Waals surface area contributed by atoms with E-state index in [9.17, 15) is 4.79 Å². The highest BCUT2D eigenvalue weighted by molar-refractivity contribution is 5.92. The molecule has 0 saturated carbocycles. The van der Waals surface area contributed by atoms with E-state index in [2.05, 4.69) is 21.3 Å². The quantitative estimate of drug-likeness (QED) is 0.821. The summed E-state index contributed by atoms with van der Waals surface area (Å²) in [5, 5.41) is 2.60. The first-order valence-electron chi connectivity index (χ1n) is 6.98. The van der Waals surface area contributed by atoms with E-state index in [1.165, 1.54) is 11.1 Å². The molecule has 5 nitrogen and oxygen atoms in total. The molecule has 0 bridgehead atoms. The van der Waals surface area contributed by atoms with Gasteiger partial charge in [0.15, 0.2) is 0 Å². The van der Waals surface area contributed by atoms with Crippen LogP contribution in [0, 0.1) is 0 Å². The molecule has 0 unspecified atom stereocenters. The third-order valence-electron chi connectivity index (χ3n) is 3.87. The molecule has 1 aromatic heterocycles. The number of nitrogen functional groups attached to an aromatic ring is 1. The smallest absolute Gasteiger partial charge is 0.269 e. The normalized spacial score (nSPS) is 13.7. The molecule has 3 N–H and O–H groups in total. The van der Waals surface area contributed by atoms with Gasteiger partial charge < -0.3 is 16.0 Å². The molecule has 2 heterocycles. The summed E-state index contributed by atoms with van der Waals surface area (Å²) in [6.45, 7) is 1.69. The molecule has 0 atom stereocenters. The molecule has 3 rings (SSSR count). The number of hydrogen-bond acceptors (Lipinski definition) is 4. The number of pyridine rings is 1. The summed E-state index contributed by atoms with van der Waals surface area (Å²) in [6, 6.07) is 9.81. The van der Waals surface area contributed by atoms with Gasteiger partial charge in [0.1, 0.15) is 5.69 Å². The van der Waals surface area contributed by atoms with Crippen molar-refractivity contribution in [2.45, 2.75) is 13.0 Å². The number of hydrogen-bond donors (Lipinski definition) is 2. The van der Waals surface area contributed by atoms with Gasteiger partial charge in [0, 0.05) is 37.7 Å². The van der Waals surface area contributed by atoms with Crippen LogP contribution in [-0.2, 0) is 13.0 Å². The molecule has 0 saturated heterocycles. The molecule has 0 aliphatic carbocycles. The summed E-state index contributed by atoms with van der Waals surface area (Å²) in [4.78, 5) is 18.0. The van der Waals surface area contributed by atoms with Crippen LogP contribution in [0.5, 0.6) is 0 Å². The first-order chi connectivity index (χ1) is 10.2. The summed E-state index contributed by atoms with van der Waals surface area (Å²) >= 11 is 0. The first kappa shape index (κ1) is 13.4. The monoisotopic (exact) mass is 282 g/mol. The highest BCUT2D eigenvalue weighted by Crippen LogP contribution is 2.27. The number of benzene rings is 1. The van der Waals surface area contributed by atoms with E-state index in [1.54, 1.807) is 13.2 Å². The highest BCUT2D eigenvalue weighted by Gasteiger charge is 2.19. The lowest BCUT2D eigenvalue weighted by atomic mass is 9.97. The number of rotatable bonds is 2. The molecule has 2 aromatic rings. The van der Waals surface area contributed by atoms with Gasteiger partial charge in [-0.05, 0) is 35.7 Å². The first-order valence-corrected chi connectivity index (χ1v) is 6.98. The zero-order chi connectivity index (χ0) is 14.8. The Morgan fingerprint density at radius 3 is 3.05 bits per heavy atom. The topological polar surface area (TPSA) is 71.2 Å². The Hall–Kier alpha value is -2.56. The van der Waals surface area contributed by atoms with Crippen LogP contribution in [0.2, 0.25) is 0 Å². The highest BCUT2D eigenvalue weighted by atomic mass is 16.1. The maximum atomic E-state index is 11.7. The average molecular weight is 282 g/mol. The van der Waals surface area contributed by atoms with Crippen LogP contribution in [0.25, 0.3) is 0 Å². The van der Waals surface area contributed by atoms with Crippen molar-refractivity contribution < 1.29 is 4.79 Å². The van der Waals surface area contributed by atoms with Crippen LogP contribution in [-0.4, -0.2) is 24.5 Å². The van der Waals surface area contributed by atoms with Gasteiger partial charge in [-0.1, -0.05) is 12.1 Å². The third kappa shape index (κ3) is 2.54. The second kappa shape index (κ2) is 5.44. The van der Waals surface area contributed by atoms with Crippen molar-refractivity contribution in [3.63, 3.8) is 0 Å². The van der Waals surface area contributed by atoms with Crippen molar-refractivity contribution in [1.82, 2.24) is 10.3 Å². The molecule has 21 heavy (non-hydrogen) atoms. The van der Waals surface area contributed by atoms with Gasteiger partial charge in [-0.2, -0.15) is 0 Å². The number of aromatic nitrogens is 1. The SMILES string of the molecule is CNC(=O)c1cc(N2CCc3c(N)cccc3C2)ccn1. The van der Waals surface area contributed by atoms with E-state index in [0.717, 1.165) is 30.9 Å². The van der Waals surface area contributed by atoms with Crippen LogP contribution in [0.4, 0.5) is 11.4 Å². The fraction of sp³-hybridized carbons (Fsp3) is 0.250.